The van der Waals surface area contributed by atoms with Crippen molar-refractivity contribution < 1.29 is 0 Å². The van der Waals surface area contributed by atoms with Gasteiger partial charge in [-0.1, -0.05) is 11.6 Å². The van der Waals surface area contributed by atoms with E-state index in [0.29, 0.717) is 28.0 Å². The molecule has 1 aromatic heterocycles. The lowest BCUT2D eigenvalue weighted by molar-refractivity contribution is 1.15. The maximum absolute atomic E-state index is 8.99. The van der Waals surface area contributed by atoms with Gasteiger partial charge in [0.25, 0.3) is 0 Å². The number of aromatic nitrogens is 2. The van der Waals surface area contributed by atoms with Gasteiger partial charge in [0.1, 0.15) is 17.2 Å². The van der Waals surface area contributed by atoms with Crippen LogP contribution in [-0.4, -0.2) is 17.0 Å². The average molecular weight is 285 g/mol. The summed E-state index contributed by atoms with van der Waals surface area (Å²) in [7, 11) is 1.70. The van der Waals surface area contributed by atoms with Crippen LogP contribution < -0.4 is 10.6 Å². The first-order valence-electron chi connectivity index (χ1n) is 5.59. The fraction of sp³-hybridized carbons (Fsp3) is 0.0769. The first-order chi connectivity index (χ1) is 9.67. The summed E-state index contributed by atoms with van der Waals surface area (Å²) in [6.45, 7) is 0. The van der Waals surface area contributed by atoms with E-state index in [2.05, 4.69) is 20.6 Å². The van der Waals surface area contributed by atoms with Crippen molar-refractivity contribution in [3.8, 4) is 12.1 Å². The molecule has 0 atom stereocenters. The van der Waals surface area contributed by atoms with Crippen LogP contribution in [0.3, 0.4) is 0 Å². The van der Waals surface area contributed by atoms with Gasteiger partial charge in [-0.15, -0.1) is 0 Å². The van der Waals surface area contributed by atoms with Crippen molar-refractivity contribution in [2.45, 2.75) is 0 Å². The topological polar surface area (TPSA) is 97.4 Å². The molecule has 2 aromatic rings. The molecule has 98 valence electrons. The van der Waals surface area contributed by atoms with Crippen molar-refractivity contribution in [3.05, 3.63) is 40.5 Å². The smallest absolute Gasteiger partial charge is 0.224 e. The predicted molar refractivity (Wildman–Crippen MR) is 75.7 cm³/mol. The number of nitriles is 2. The second-order valence-electron chi connectivity index (χ2n) is 3.75. The Morgan fingerprint density at radius 3 is 2.60 bits per heavy atom. The molecule has 0 saturated carbocycles. The van der Waals surface area contributed by atoms with Crippen LogP contribution in [0, 0.1) is 22.7 Å². The molecule has 1 heterocycles. The zero-order valence-electron chi connectivity index (χ0n) is 10.5. The van der Waals surface area contributed by atoms with Gasteiger partial charge >= 0.3 is 0 Å². The van der Waals surface area contributed by atoms with Crippen molar-refractivity contribution in [2.75, 3.05) is 17.7 Å². The third-order valence-corrected chi connectivity index (χ3v) is 2.77. The van der Waals surface area contributed by atoms with Crippen LogP contribution in [0.5, 0.6) is 0 Å². The van der Waals surface area contributed by atoms with Gasteiger partial charge in [0, 0.05) is 12.7 Å². The Hall–Kier alpha value is -2.83. The van der Waals surface area contributed by atoms with E-state index in [-0.39, 0.29) is 5.56 Å². The minimum absolute atomic E-state index is 0.288. The minimum atomic E-state index is 0.288. The van der Waals surface area contributed by atoms with Crippen LogP contribution in [-0.2, 0) is 0 Å². The first kappa shape index (κ1) is 13.6. The monoisotopic (exact) mass is 284 g/mol. The van der Waals surface area contributed by atoms with Gasteiger partial charge in [0.15, 0.2) is 5.82 Å². The summed E-state index contributed by atoms with van der Waals surface area (Å²) in [5.41, 5.74) is 1.22. The van der Waals surface area contributed by atoms with Gasteiger partial charge in [-0.05, 0) is 18.2 Å². The van der Waals surface area contributed by atoms with Crippen molar-refractivity contribution in [1.29, 1.82) is 10.5 Å². The Labute approximate surface area is 120 Å². The Balaban J connectivity index is 2.36. The second-order valence-corrected chi connectivity index (χ2v) is 4.16. The molecule has 2 rings (SSSR count). The Bertz CT molecular complexity index is 729. The number of nitrogens with one attached hydrogen (secondary N) is 2. The molecule has 0 amide bonds. The third-order valence-electron chi connectivity index (χ3n) is 2.49. The van der Waals surface area contributed by atoms with Gasteiger partial charge in [-0.25, -0.2) is 4.98 Å². The predicted octanol–water partition coefficient (Wildman–Crippen LogP) is 2.66. The maximum atomic E-state index is 8.99. The minimum Gasteiger partial charge on any atom is -0.357 e. The SMILES string of the molecule is CNc1ncc(Cl)c(Nc2ccc(C#N)c(C#N)c2)n1. The molecule has 20 heavy (non-hydrogen) atoms. The molecule has 2 N–H and O–H groups in total. The van der Waals surface area contributed by atoms with Crippen molar-refractivity contribution >= 4 is 29.1 Å². The molecular formula is C13H9ClN6. The quantitative estimate of drug-likeness (QED) is 0.899. The number of anilines is 3. The van der Waals surface area contributed by atoms with Crippen LogP contribution in [0.1, 0.15) is 11.1 Å². The summed E-state index contributed by atoms with van der Waals surface area (Å²) in [5, 5.41) is 24.0. The first-order valence-corrected chi connectivity index (χ1v) is 5.97. The average Bonchev–Trinajstić information content (AvgIpc) is 2.49. The fourth-order valence-electron chi connectivity index (χ4n) is 1.52. The highest BCUT2D eigenvalue weighted by atomic mass is 35.5. The molecule has 0 fully saturated rings. The highest BCUT2D eigenvalue weighted by molar-refractivity contribution is 6.32. The molecule has 1 aromatic carbocycles. The van der Waals surface area contributed by atoms with Crippen LogP contribution >= 0.6 is 11.6 Å². The van der Waals surface area contributed by atoms with E-state index >= 15 is 0 Å². The van der Waals surface area contributed by atoms with Crippen molar-refractivity contribution in [1.82, 2.24) is 9.97 Å². The zero-order valence-corrected chi connectivity index (χ0v) is 11.2. The van der Waals surface area contributed by atoms with Gasteiger partial charge in [0.05, 0.1) is 17.3 Å². The van der Waals surface area contributed by atoms with E-state index in [4.69, 9.17) is 22.1 Å². The van der Waals surface area contributed by atoms with Gasteiger partial charge in [-0.2, -0.15) is 15.5 Å². The van der Waals surface area contributed by atoms with Crippen LogP contribution in [0.2, 0.25) is 5.02 Å². The number of rotatable bonds is 3. The largest absolute Gasteiger partial charge is 0.357 e. The lowest BCUT2D eigenvalue weighted by atomic mass is 10.1. The highest BCUT2D eigenvalue weighted by Gasteiger charge is 2.07. The van der Waals surface area contributed by atoms with E-state index in [9.17, 15) is 0 Å². The Morgan fingerprint density at radius 2 is 1.95 bits per heavy atom. The summed E-state index contributed by atoms with van der Waals surface area (Å²) in [4.78, 5) is 8.14. The van der Waals surface area contributed by atoms with Gasteiger partial charge in [-0.3, -0.25) is 0 Å². The number of hydrogen-bond donors (Lipinski definition) is 2. The molecule has 0 spiro atoms. The second kappa shape index (κ2) is 5.87. The number of benzene rings is 1. The van der Waals surface area contributed by atoms with Crippen LogP contribution in [0.25, 0.3) is 0 Å². The van der Waals surface area contributed by atoms with Gasteiger partial charge < -0.3 is 10.6 Å². The molecule has 0 bridgehead atoms. The molecule has 0 aliphatic rings. The normalized spacial score (nSPS) is 9.40. The maximum Gasteiger partial charge on any atom is 0.224 e. The Kier molecular flexibility index (Phi) is 3.99. The third kappa shape index (κ3) is 2.77. The molecule has 0 saturated heterocycles. The summed E-state index contributed by atoms with van der Waals surface area (Å²) in [5.74, 6) is 0.839. The molecule has 7 heteroatoms. The van der Waals surface area contributed by atoms with E-state index in [1.807, 2.05) is 12.1 Å². The molecule has 0 aliphatic carbocycles. The van der Waals surface area contributed by atoms with E-state index in [1.54, 1.807) is 25.2 Å². The summed E-state index contributed by atoms with van der Waals surface area (Å²) in [6.07, 6.45) is 1.47. The van der Waals surface area contributed by atoms with Crippen molar-refractivity contribution in [3.63, 3.8) is 0 Å². The van der Waals surface area contributed by atoms with Crippen molar-refractivity contribution in [2.24, 2.45) is 0 Å². The molecule has 6 nitrogen and oxygen atoms in total. The summed E-state index contributed by atoms with van der Waals surface area (Å²) in [6, 6.07) is 8.73. The highest BCUT2D eigenvalue weighted by Crippen LogP contribution is 2.24. The summed E-state index contributed by atoms with van der Waals surface area (Å²) < 4.78 is 0. The van der Waals surface area contributed by atoms with E-state index < -0.39 is 0 Å². The standard InChI is InChI=1S/C13H9ClN6/c1-17-13-18-7-11(14)12(20-13)19-10-3-2-8(5-15)9(4-10)6-16/h2-4,7H,1H3,(H2,17,18,19,20). The van der Waals surface area contributed by atoms with Crippen LogP contribution in [0.15, 0.2) is 24.4 Å². The number of nitrogens with zero attached hydrogens (tertiary/aromatic N) is 4. The molecule has 0 radical (unpaired) electrons. The lowest BCUT2D eigenvalue weighted by Crippen LogP contribution is -2.01. The number of hydrogen-bond acceptors (Lipinski definition) is 6. The molecular weight excluding hydrogens is 276 g/mol. The van der Waals surface area contributed by atoms with E-state index in [1.165, 1.54) is 6.20 Å². The van der Waals surface area contributed by atoms with Crippen LogP contribution in [0.4, 0.5) is 17.5 Å². The van der Waals surface area contributed by atoms with E-state index in [0.717, 1.165) is 0 Å². The summed E-state index contributed by atoms with van der Waals surface area (Å²) >= 11 is 6.00. The molecule has 0 unspecified atom stereocenters. The van der Waals surface area contributed by atoms with Gasteiger partial charge in [0.2, 0.25) is 5.95 Å². The lowest BCUT2D eigenvalue weighted by Gasteiger charge is -2.09. The number of halogens is 1. The zero-order chi connectivity index (χ0) is 14.5. The fourth-order valence-corrected chi connectivity index (χ4v) is 1.66. The molecule has 0 aliphatic heterocycles. The Morgan fingerprint density at radius 1 is 1.20 bits per heavy atom.